The normalized spacial score (nSPS) is 25.7. The molecule has 0 unspecified atom stereocenters. The van der Waals surface area contributed by atoms with Gasteiger partial charge in [0, 0.05) is 55.0 Å². The average Bonchev–Trinajstić information content (AvgIpc) is 2.95. The summed E-state index contributed by atoms with van der Waals surface area (Å²) >= 11 is 0. The Morgan fingerprint density at radius 2 is 2.00 bits per heavy atom. The topological polar surface area (TPSA) is 91.2 Å². The van der Waals surface area contributed by atoms with Crippen molar-refractivity contribution >= 4 is 0 Å². The fourth-order valence-corrected chi connectivity index (χ4v) is 3.80. The van der Waals surface area contributed by atoms with Gasteiger partial charge in [-0.1, -0.05) is 20.8 Å². The Morgan fingerprint density at radius 3 is 2.67 bits per heavy atom. The van der Waals surface area contributed by atoms with E-state index in [4.69, 9.17) is 4.98 Å². The van der Waals surface area contributed by atoms with Crippen molar-refractivity contribution in [2.24, 2.45) is 17.3 Å². The number of nitrogens with zero attached hydrogens (tertiary/aromatic N) is 3. The number of hydrogen-bond acceptors (Lipinski definition) is 6. The second-order valence-electron chi connectivity index (χ2n) is 8.68. The quantitative estimate of drug-likeness (QED) is 0.721. The lowest BCUT2D eigenvalue weighted by atomic mass is 9.88. The minimum absolute atomic E-state index is 0.0138. The van der Waals surface area contributed by atoms with Gasteiger partial charge in [0.15, 0.2) is 5.82 Å². The molecule has 0 amide bonds. The Labute approximate surface area is 161 Å². The lowest BCUT2D eigenvalue weighted by Crippen LogP contribution is -2.40. The van der Waals surface area contributed by atoms with E-state index in [1.165, 1.54) is 0 Å². The molecule has 6 nitrogen and oxygen atoms in total. The number of aliphatic hydroxyl groups is 2. The molecule has 3 rings (SSSR count). The highest BCUT2D eigenvalue weighted by Gasteiger charge is 2.42. The molecule has 27 heavy (non-hydrogen) atoms. The third-order valence-electron chi connectivity index (χ3n) is 5.24. The molecule has 1 aliphatic rings. The van der Waals surface area contributed by atoms with Crippen molar-refractivity contribution in [3.8, 4) is 11.4 Å². The van der Waals surface area contributed by atoms with Crippen molar-refractivity contribution in [2.45, 2.75) is 45.8 Å². The Hall–Kier alpha value is -1.89. The molecule has 1 fully saturated rings. The van der Waals surface area contributed by atoms with Gasteiger partial charge >= 0.3 is 0 Å². The number of hydrogen-bond donors (Lipinski definition) is 3. The van der Waals surface area contributed by atoms with E-state index in [0.29, 0.717) is 18.7 Å². The maximum Gasteiger partial charge on any atom is 0.160 e. The van der Waals surface area contributed by atoms with Gasteiger partial charge in [0.2, 0.25) is 0 Å². The third kappa shape index (κ3) is 5.09. The molecule has 0 spiro atoms. The molecule has 4 atom stereocenters. The summed E-state index contributed by atoms with van der Waals surface area (Å²) in [4.78, 5) is 13.2. The van der Waals surface area contributed by atoms with E-state index in [0.717, 1.165) is 17.8 Å². The maximum atomic E-state index is 10.4. The molecule has 0 aromatic carbocycles. The second-order valence-corrected chi connectivity index (χ2v) is 8.68. The van der Waals surface area contributed by atoms with Gasteiger partial charge in [0.1, 0.15) is 0 Å². The molecule has 0 radical (unpaired) electrons. The average molecular weight is 370 g/mol. The molecule has 0 aliphatic heterocycles. The Balaban J connectivity index is 1.78. The standard InChI is InChI=1S/C21H30N4O2/c1-21(2,3)13-24-18-10-19(27)17(12-26)16(18)9-15-6-8-23-20(25-15)14-5-4-7-22-11-14/h4-8,11,16-19,24,26-27H,9-10,12-13H2,1-3H3/t16-,17-,18-,19-/m1/s1. The van der Waals surface area contributed by atoms with Gasteiger partial charge in [-0.25, -0.2) is 9.97 Å². The van der Waals surface area contributed by atoms with Crippen molar-refractivity contribution < 1.29 is 10.2 Å². The summed E-state index contributed by atoms with van der Waals surface area (Å²) < 4.78 is 0. The SMILES string of the molecule is CC(C)(C)CN[C@@H]1C[C@@H](O)[C@H](CO)[C@H]1Cc1ccnc(-c2cccnc2)n1. The number of pyridine rings is 1. The smallest absolute Gasteiger partial charge is 0.160 e. The van der Waals surface area contributed by atoms with Crippen LogP contribution in [0.1, 0.15) is 32.9 Å². The largest absolute Gasteiger partial charge is 0.396 e. The van der Waals surface area contributed by atoms with Gasteiger partial charge in [0.25, 0.3) is 0 Å². The number of rotatable bonds is 6. The van der Waals surface area contributed by atoms with E-state index in [9.17, 15) is 10.2 Å². The molecule has 146 valence electrons. The zero-order valence-electron chi connectivity index (χ0n) is 16.3. The first kappa shape index (κ1) is 19.9. The number of nitrogens with one attached hydrogen (secondary N) is 1. The van der Waals surface area contributed by atoms with Crippen LogP contribution in [0.2, 0.25) is 0 Å². The fourth-order valence-electron chi connectivity index (χ4n) is 3.80. The zero-order chi connectivity index (χ0) is 19.4. The lowest BCUT2D eigenvalue weighted by Gasteiger charge is -2.28. The monoisotopic (exact) mass is 370 g/mol. The van der Waals surface area contributed by atoms with Crippen molar-refractivity contribution in [1.82, 2.24) is 20.3 Å². The van der Waals surface area contributed by atoms with Crippen LogP contribution in [-0.2, 0) is 6.42 Å². The van der Waals surface area contributed by atoms with Crippen molar-refractivity contribution in [1.29, 1.82) is 0 Å². The van der Waals surface area contributed by atoms with E-state index in [2.05, 4.69) is 36.1 Å². The molecule has 1 saturated carbocycles. The fraction of sp³-hybridized carbons (Fsp3) is 0.571. The predicted octanol–water partition coefficient (Wildman–Crippen LogP) is 2.07. The van der Waals surface area contributed by atoms with Gasteiger partial charge in [0.05, 0.1) is 6.10 Å². The van der Waals surface area contributed by atoms with Crippen molar-refractivity contribution in [3.63, 3.8) is 0 Å². The minimum Gasteiger partial charge on any atom is -0.396 e. The molecule has 0 saturated heterocycles. The van der Waals surface area contributed by atoms with Gasteiger partial charge in [-0.2, -0.15) is 0 Å². The molecule has 0 bridgehead atoms. The second kappa shape index (κ2) is 8.42. The van der Waals surface area contributed by atoms with E-state index in [-0.39, 0.29) is 29.9 Å². The third-order valence-corrected chi connectivity index (χ3v) is 5.24. The van der Waals surface area contributed by atoms with Crippen LogP contribution < -0.4 is 5.32 Å². The molecule has 2 aromatic rings. The summed E-state index contributed by atoms with van der Waals surface area (Å²) in [6.45, 7) is 7.42. The van der Waals surface area contributed by atoms with Crippen LogP contribution in [-0.4, -0.2) is 50.5 Å². The van der Waals surface area contributed by atoms with Gasteiger partial charge in [-0.3, -0.25) is 4.98 Å². The van der Waals surface area contributed by atoms with Crippen LogP contribution in [0.15, 0.2) is 36.8 Å². The summed E-state index contributed by atoms with van der Waals surface area (Å²) in [6, 6.07) is 5.88. The predicted molar refractivity (Wildman–Crippen MR) is 105 cm³/mol. The van der Waals surface area contributed by atoms with Crippen LogP contribution in [0.5, 0.6) is 0 Å². The van der Waals surface area contributed by atoms with E-state index in [1.54, 1.807) is 18.6 Å². The van der Waals surface area contributed by atoms with Gasteiger partial charge < -0.3 is 15.5 Å². The lowest BCUT2D eigenvalue weighted by molar-refractivity contribution is 0.0715. The first-order chi connectivity index (χ1) is 12.9. The molecule has 6 heteroatoms. The Kier molecular flexibility index (Phi) is 6.19. The first-order valence-electron chi connectivity index (χ1n) is 9.62. The van der Waals surface area contributed by atoms with Crippen molar-refractivity contribution in [3.05, 3.63) is 42.5 Å². The minimum atomic E-state index is -0.489. The van der Waals surface area contributed by atoms with E-state index >= 15 is 0 Å². The van der Waals surface area contributed by atoms with Crippen LogP contribution in [0.4, 0.5) is 0 Å². The summed E-state index contributed by atoms with van der Waals surface area (Å²) in [5.74, 6) is 0.641. The van der Waals surface area contributed by atoms with Crippen LogP contribution in [0, 0.1) is 17.3 Å². The van der Waals surface area contributed by atoms with Crippen LogP contribution in [0.25, 0.3) is 11.4 Å². The first-order valence-corrected chi connectivity index (χ1v) is 9.62. The van der Waals surface area contributed by atoms with Gasteiger partial charge in [-0.15, -0.1) is 0 Å². The summed E-state index contributed by atoms with van der Waals surface area (Å²) in [6.07, 6.45) is 6.11. The Morgan fingerprint density at radius 1 is 1.19 bits per heavy atom. The molecule has 1 aliphatic carbocycles. The van der Waals surface area contributed by atoms with E-state index in [1.807, 2.05) is 18.2 Å². The van der Waals surface area contributed by atoms with Gasteiger partial charge in [-0.05, 0) is 42.4 Å². The highest BCUT2D eigenvalue weighted by atomic mass is 16.3. The number of aromatic nitrogens is 3. The van der Waals surface area contributed by atoms with E-state index < -0.39 is 6.10 Å². The summed E-state index contributed by atoms with van der Waals surface area (Å²) in [5.41, 5.74) is 1.96. The molecular formula is C21H30N4O2. The number of aliphatic hydroxyl groups excluding tert-OH is 2. The van der Waals surface area contributed by atoms with Crippen molar-refractivity contribution in [2.75, 3.05) is 13.2 Å². The zero-order valence-corrected chi connectivity index (χ0v) is 16.3. The molecule has 2 heterocycles. The molecule has 3 N–H and O–H groups in total. The Bertz CT molecular complexity index is 732. The van der Waals surface area contributed by atoms with Crippen LogP contribution in [0.3, 0.4) is 0 Å². The highest BCUT2D eigenvalue weighted by molar-refractivity contribution is 5.52. The summed E-state index contributed by atoms with van der Waals surface area (Å²) in [7, 11) is 0. The maximum absolute atomic E-state index is 10.4. The molecule has 2 aromatic heterocycles. The molecular weight excluding hydrogens is 340 g/mol. The summed E-state index contributed by atoms with van der Waals surface area (Å²) in [5, 5.41) is 23.9. The van der Waals surface area contributed by atoms with Crippen LogP contribution >= 0.6 is 0 Å². The highest BCUT2D eigenvalue weighted by Crippen LogP contribution is 2.35.